The number of ketones is 1. The van der Waals surface area contributed by atoms with Crippen LogP contribution in [0.25, 0.3) is 0 Å². The van der Waals surface area contributed by atoms with E-state index >= 15 is 0 Å². The fourth-order valence-corrected chi connectivity index (χ4v) is 3.01. The molecule has 0 N–H and O–H groups in total. The van der Waals surface area contributed by atoms with Crippen molar-refractivity contribution >= 4 is 11.8 Å². The van der Waals surface area contributed by atoms with Crippen molar-refractivity contribution in [2.24, 2.45) is 11.3 Å². The number of methoxy groups -OCH3 is 1. The summed E-state index contributed by atoms with van der Waals surface area (Å²) in [6.45, 7) is 5.43. The van der Waals surface area contributed by atoms with Crippen LogP contribution in [0.5, 0.6) is 0 Å². The molecule has 0 amide bonds. The van der Waals surface area contributed by atoms with E-state index < -0.39 is 17.3 Å². The highest BCUT2D eigenvalue weighted by molar-refractivity contribution is 5.91. The zero-order chi connectivity index (χ0) is 14.3. The summed E-state index contributed by atoms with van der Waals surface area (Å²) < 4.78 is 16.6. The van der Waals surface area contributed by atoms with E-state index in [-0.39, 0.29) is 24.3 Å². The van der Waals surface area contributed by atoms with Crippen LogP contribution in [0, 0.1) is 11.3 Å². The molecular formula is C14H20O5. The molecule has 2 aliphatic rings. The van der Waals surface area contributed by atoms with E-state index in [9.17, 15) is 9.59 Å². The first-order valence-corrected chi connectivity index (χ1v) is 6.41. The second-order valence-corrected chi connectivity index (χ2v) is 5.50. The molecule has 1 aliphatic heterocycles. The van der Waals surface area contributed by atoms with Crippen molar-refractivity contribution in [2.45, 2.75) is 39.1 Å². The molecule has 4 atom stereocenters. The second-order valence-electron chi connectivity index (χ2n) is 5.50. The molecule has 0 radical (unpaired) electrons. The molecule has 1 fully saturated rings. The Kier molecular flexibility index (Phi) is 3.53. The van der Waals surface area contributed by atoms with E-state index in [1.54, 1.807) is 13.2 Å². The maximum atomic E-state index is 11.7. The Morgan fingerprint density at radius 3 is 2.74 bits per heavy atom. The fraction of sp³-hybridized carbons (Fsp3) is 0.714. The lowest BCUT2D eigenvalue weighted by Gasteiger charge is -2.54. The molecule has 0 bridgehead atoms. The van der Waals surface area contributed by atoms with Gasteiger partial charge in [0.2, 0.25) is 0 Å². The predicted molar refractivity (Wildman–Crippen MR) is 67.3 cm³/mol. The molecule has 4 unspecified atom stereocenters. The predicted octanol–water partition coefficient (Wildman–Crippen LogP) is 1.46. The summed E-state index contributed by atoms with van der Waals surface area (Å²) in [5.41, 5.74) is -0.506. The summed E-state index contributed by atoms with van der Waals surface area (Å²) in [4.78, 5) is 22.9. The molecule has 5 heteroatoms. The van der Waals surface area contributed by atoms with Gasteiger partial charge in [-0.05, 0) is 13.0 Å². The van der Waals surface area contributed by atoms with Crippen molar-refractivity contribution in [3.8, 4) is 0 Å². The van der Waals surface area contributed by atoms with Crippen molar-refractivity contribution in [3.05, 3.63) is 12.2 Å². The number of hydrogen-bond acceptors (Lipinski definition) is 5. The highest BCUT2D eigenvalue weighted by Crippen LogP contribution is 2.51. The summed E-state index contributed by atoms with van der Waals surface area (Å²) in [5.74, 6) is -1.28. The van der Waals surface area contributed by atoms with E-state index in [4.69, 9.17) is 14.2 Å². The van der Waals surface area contributed by atoms with Gasteiger partial charge in [-0.25, -0.2) is 0 Å². The van der Waals surface area contributed by atoms with E-state index in [0.29, 0.717) is 6.42 Å². The molecule has 0 saturated carbocycles. The van der Waals surface area contributed by atoms with Gasteiger partial charge < -0.3 is 14.2 Å². The van der Waals surface area contributed by atoms with Gasteiger partial charge in [0.25, 0.3) is 0 Å². The highest BCUT2D eigenvalue weighted by atomic mass is 16.7. The molecular weight excluding hydrogens is 248 g/mol. The SMILES string of the molecule is COC1(C)OCC(OC(C)=O)C2CC(=O)C=CC21C. The average molecular weight is 268 g/mol. The van der Waals surface area contributed by atoms with Crippen LogP contribution in [0.4, 0.5) is 0 Å². The number of carbonyl (C=O) groups excluding carboxylic acids is 2. The maximum Gasteiger partial charge on any atom is 0.302 e. The Morgan fingerprint density at radius 1 is 1.47 bits per heavy atom. The van der Waals surface area contributed by atoms with Crippen molar-refractivity contribution in [1.29, 1.82) is 0 Å². The van der Waals surface area contributed by atoms with E-state index in [1.165, 1.54) is 6.92 Å². The van der Waals surface area contributed by atoms with Gasteiger partial charge in [-0.15, -0.1) is 0 Å². The fourth-order valence-electron chi connectivity index (χ4n) is 3.01. The molecule has 106 valence electrons. The van der Waals surface area contributed by atoms with Gasteiger partial charge in [-0.2, -0.15) is 0 Å². The third kappa shape index (κ3) is 2.21. The third-order valence-electron chi connectivity index (χ3n) is 4.46. The lowest BCUT2D eigenvalue weighted by Crippen LogP contribution is -2.61. The Labute approximate surface area is 112 Å². The summed E-state index contributed by atoms with van der Waals surface area (Å²) in [6, 6.07) is 0. The molecule has 5 nitrogen and oxygen atoms in total. The summed E-state index contributed by atoms with van der Waals surface area (Å²) >= 11 is 0. The Bertz CT molecular complexity index is 430. The topological polar surface area (TPSA) is 61.8 Å². The highest BCUT2D eigenvalue weighted by Gasteiger charge is 2.58. The summed E-state index contributed by atoms with van der Waals surface area (Å²) in [6.07, 6.45) is 3.31. The van der Waals surface area contributed by atoms with Gasteiger partial charge in [0.1, 0.15) is 6.10 Å². The lowest BCUT2D eigenvalue weighted by atomic mass is 9.62. The molecule has 2 rings (SSSR count). The van der Waals surface area contributed by atoms with Crippen LogP contribution in [0.15, 0.2) is 12.2 Å². The van der Waals surface area contributed by atoms with E-state index in [0.717, 1.165) is 0 Å². The molecule has 1 heterocycles. The number of ether oxygens (including phenoxy) is 3. The Morgan fingerprint density at radius 2 is 2.16 bits per heavy atom. The molecule has 0 aromatic carbocycles. The number of rotatable bonds is 2. The smallest absolute Gasteiger partial charge is 0.302 e. The number of fused-ring (bicyclic) bond motifs is 1. The third-order valence-corrected chi connectivity index (χ3v) is 4.46. The summed E-state index contributed by atoms with van der Waals surface area (Å²) in [5, 5.41) is 0. The van der Waals surface area contributed by atoms with Crippen molar-refractivity contribution in [2.75, 3.05) is 13.7 Å². The van der Waals surface area contributed by atoms with Crippen LogP contribution in [0.2, 0.25) is 0 Å². The second kappa shape index (κ2) is 4.72. The van der Waals surface area contributed by atoms with Gasteiger partial charge >= 0.3 is 5.97 Å². The minimum absolute atomic E-state index is 0.0416. The van der Waals surface area contributed by atoms with Gasteiger partial charge in [-0.3, -0.25) is 9.59 Å². The standard InChI is InChI=1S/C14H20O5/c1-9(15)19-12-8-18-14(3,17-4)13(2)6-5-10(16)7-11(12)13/h5-6,11-12H,7-8H2,1-4H3. The van der Waals surface area contributed by atoms with Gasteiger partial charge in [0, 0.05) is 31.8 Å². The van der Waals surface area contributed by atoms with Gasteiger partial charge in [0.05, 0.1) is 6.61 Å². The zero-order valence-corrected chi connectivity index (χ0v) is 11.8. The molecule has 0 aromatic heterocycles. The van der Waals surface area contributed by atoms with E-state index in [2.05, 4.69) is 0 Å². The van der Waals surface area contributed by atoms with Crippen LogP contribution in [0.3, 0.4) is 0 Å². The van der Waals surface area contributed by atoms with Crippen LogP contribution < -0.4 is 0 Å². The minimum Gasteiger partial charge on any atom is -0.460 e. The largest absolute Gasteiger partial charge is 0.460 e. The van der Waals surface area contributed by atoms with Crippen LogP contribution in [-0.4, -0.2) is 37.4 Å². The quantitative estimate of drug-likeness (QED) is 0.710. The average Bonchev–Trinajstić information content (AvgIpc) is 2.35. The van der Waals surface area contributed by atoms with E-state index in [1.807, 2.05) is 19.9 Å². The molecule has 1 saturated heterocycles. The number of allylic oxidation sites excluding steroid dienone is 1. The first-order valence-electron chi connectivity index (χ1n) is 6.41. The maximum absolute atomic E-state index is 11.7. The van der Waals surface area contributed by atoms with Crippen molar-refractivity contribution in [1.82, 2.24) is 0 Å². The number of carbonyl (C=O) groups is 2. The normalized spacial score (nSPS) is 41.8. The van der Waals surface area contributed by atoms with Crippen molar-refractivity contribution < 1.29 is 23.8 Å². The molecule has 0 aromatic rings. The summed E-state index contributed by atoms with van der Waals surface area (Å²) in [7, 11) is 1.58. The van der Waals surface area contributed by atoms with Crippen LogP contribution in [-0.2, 0) is 23.8 Å². The Hall–Kier alpha value is -1.20. The number of hydrogen-bond donors (Lipinski definition) is 0. The minimum atomic E-state index is -0.828. The molecule has 19 heavy (non-hydrogen) atoms. The lowest BCUT2D eigenvalue weighted by molar-refractivity contribution is -0.319. The molecule has 0 spiro atoms. The molecule has 1 aliphatic carbocycles. The monoisotopic (exact) mass is 268 g/mol. The van der Waals surface area contributed by atoms with Crippen LogP contribution >= 0.6 is 0 Å². The first kappa shape index (κ1) is 14.2. The zero-order valence-electron chi connectivity index (χ0n) is 11.8. The first-order chi connectivity index (χ1) is 8.82. The van der Waals surface area contributed by atoms with Crippen molar-refractivity contribution in [3.63, 3.8) is 0 Å². The number of esters is 1. The van der Waals surface area contributed by atoms with Gasteiger partial charge in [0.15, 0.2) is 11.6 Å². The Balaban J connectivity index is 2.38. The van der Waals surface area contributed by atoms with Crippen LogP contribution in [0.1, 0.15) is 27.2 Å². The van der Waals surface area contributed by atoms with Gasteiger partial charge in [-0.1, -0.05) is 13.0 Å².